The van der Waals surface area contributed by atoms with Gasteiger partial charge in [-0.2, -0.15) is 26.3 Å². The van der Waals surface area contributed by atoms with Gasteiger partial charge < -0.3 is 10.1 Å². The summed E-state index contributed by atoms with van der Waals surface area (Å²) in [6.07, 6.45) is -9.12. The summed E-state index contributed by atoms with van der Waals surface area (Å²) >= 11 is 11.8. The molecule has 4 rings (SSSR count). The van der Waals surface area contributed by atoms with Crippen LogP contribution in [0.25, 0.3) is 5.57 Å². The first-order chi connectivity index (χ1) is 17.6. The number of halogens is 8. The Morgan fingerprint density at radius 1 is 1.11 bits per heavy atom. The van der Waals surface area contributed by atoms with Crippen LogP contribution in [0, 0.1) is 6.92 Å². The molecule has 1 fully saturated rings. The molecule has 0 aliphatic carbocycles. The third-order valence-corrected chi connectivity index (χ3v) is 6.48. The van der Waals surface area contributed by atoms with Gasteiger partial charge in [-0.15, -0.1) is 0 Å². The number of nitrogens with zero attached hydrogens (tertiary/aromatic N) is 1. The molecule has 0 aromatic heterocycles. The van der Waals surface area contributed by atoms with Crippen molar-refractivity contribution in [3.05, 3.63) is 75.0 Å². The van der Waals surface area contributed by atoms with Gasteiger partial charge in [-0.1, -0.05) is 35.3 Å². The molecule has 2 aliphatic rings. The second-order valence-electron chi connectivity index (χ2n) is 8.76. The average Bonchev–Trinajstić information content (AvgIpc) is 3.38. The van der Waals surface area contributed by atoms with Crippen LogP contribution in [0.4, 0.5) is 26.3 Å². The van der Waals surface area contributed by atoms with Crippen molar-refractivity contribution in [2.24, 2.45) is 0 Å². The lowest BCUT2D eigenvalue weighted by Gasteiger charge is -2.32. The number of amides is 2. The van der Waals surface area contributed by atoms with E-state index in [2.05, 4.69) is 5.32 Å². The van der Waals surface area contributed by atoms with Crippen molar-refractivity contribution in [3.8, 4) is 0 Å². The van der Waals surface area contributed by atoms with Gasteiger partial charge in [0.05, 0.1) is 6.26 Å². The Kier molecular flexibility index (Phi) is 7.36. The number of alkyl halides is 6. The number of hydrogen-bond donors (Lipinski definition) is 1. The van der Waals surface area contributed by atoms with Gasteiger partial charge in [-0.05, 0) is 47.9 Å². The van der Waals surface area contributed by atoms with Crippen LogP contribution in [0.5, 0.6) is 0 Å². The van der Waals surface area contributed by atoms with Crippen molar-refractivity contribution in [1.29, 1.82) is 0 Å². The van der Waals surface area contributed by atoms with E-state index in [1.165, 1.54) is 31.2 Å². The molecule has 2 aliphatic heterocycles. The SMILES string of the molecule is Cc1cc(C2=COC(c3cc(Cl)cc(Cl)c3)(C(F)(F)F)C2)ccc1C(=O)N[C@@H]1CON(CC(F)(F)F)C1=O. The number of benzene rings is 2. The van der Waals surface area contributed by atoms with Crippen LogP contribution in [0.2, 0.25) is 10.0 Å². The number of carbonyl (C=O) groups is 2. The fraction of sp³-hybridized carbons (Fsp3) is 0.333. The highest BCUT2D eigenvalue weighted by Gasteiger charge is 2.60. The summed E-state index contributed by atoms with van der Waals surface area (Å²) in [6.45, 7) is -0.579. The quantitative estimate of drug-likeness (QED) is 0.442. The monoisotopic (exact) mass is 582 g/mol. The van der Waals surface area contributed by atoms with Gasteiger partial charge in [-0.25, -0.2) is 5.06 Å². The largest absolute Gasteiger partial charge is 0.480 e. The minimum absolute atomic E-state index is 0.00653. The number of rotatable bonds is 5. The number of aryl methyl sites for hydroxylation is 1. The Balaban J connectivity index is 1.51. The minimum atomic E-state index is -4.83. The van der Waals surface area contributed by atoms with E-state index in [0.717, 1.165) is 18.4 Å². The normalized spacial score (nSPS) is 21.9. The molecule has 2 heterocycles. The molecule has 2 aromatic rings. The third kappa shape index (κ3) is 5.57. The molecule has 1 unspecified atom stereocenters. The fourth-order valence-corrected chi connectivity index (χ4v) is 4.72. The summed E-state index contributed by atoms with van der Waals surface area (Å²) in [5.74, 6) is -1.82. The zero-order valence-corrected chi connectivity index (χ0v) is 20.9. The molecule has 0 radical (unpaired) electrons. The maximum atomic E-state index is 14.2. The van der Waals surface area contributed by atoms with Crippen molar-refractivity contribution in [3.63, 3.8) is 0 Å². The molecule has 2 aromatic carbocycles. The Bertz CT molecular complexity index is 1290. The van der Waals surface area contributed by atoms with Gasteiger partial charge in [0.15, 0.2) is 0 Å². The van der Waals surface area contributed by atoms with Crippen LogP contribution in [0.15, 0.2) is 42.7 Å². The molecule has 0 spiro atoms. The Morgan fingerprint density at radius 2 is 1.76 bits per heavy atom. The standard InChI is InChI=1S/C24H18Cl2F6N2O4/c1-12-4-13(2-3-18(12)20(35)33-19-10-38-34(21(19)36)11-23(27,28)29)14-8-22(37-9-14,24(30,31)32)15-5-16(25)7-17(26)6-15/h2-7,9,19H,8,10-11H2,1H3,(H,33,35)/t19-,22?/m1/s1. The Labute approximate surface area is 222 Å². The van der Waals surface area contributed by atoms with Gasteiger partial charge in [-0.3, -0.25) is 14.4 Å². The first-order valence-corrected chi connectivity index (χ1v) is 11.7. The van der Waals surface area contributed by atoms with Crippen molar-refractivity contribution in [2.75, 3.05) is 13.2 Å². The summed E-state index contributed by atoms with van der Waals surface area (Å²) in [6, 6.07) is 6.42. The van der Waals surface area contributed by atoms with E-state index < -0.39 is 55.4 Å². The molecule has 1 N–H and O–H groups in total. The van der Waals surface area contributed by atoms with E-state index in [1.807, 2.05) is 0 Å². The second-order valence-corrected chi connectivity index (χ2v) is 9.64. The zero-order valence-electron chi connectivity index (χ0n) is 19.3. The van der Waals surface area contributed by atoms with Crippen molar-refractivity contribution < 1.29 is 45.5 Å². The van der Waals surface area contributed by atoms with Crippen LogP contribution >= 0.6 is 23.2 Å². The minimum Gasteiger partial charge on any atom is -0.480 e. The van der Waals surface area contributed by atoms with Crippen molar-refractivity contribution >= 4 is 40.6 Å². The number of carbonyl (C=O) groups excluding carboxylic acids is 2. The summed E-state index contributed by atoms with van der Waals surface area (Å²) < 4.78 is 85.6. The molecule has 38 heavy (non-hydrogen) atoms. The van der Waals surface area contributed by atoms with Gasteiger partial charge in [0.2, 0.25) is 5.60 Å². The van der Waals surface area contributed by atoms with Gasteiger partial charge >= 0.3 is 12.4 Å². The van der Waals surface area contributed by atoms with Crippen LogP contribution in [0.1, 0.15) is 33.5 Å². The molecule has 6 nitrogen and oxygen atoms in total. The number of hydrogen-bond acceptors (Lipinski definition) is 4. The number of ether oxygens (including phenoxy) is 1. The smallest absolute Gasteiger partial charge is 0.432 e. The number of nitrogens with one attached hydrogen (secondary N) is 1. The number of hydroxylamine groups is 2. The fourth-order valence-electron chi connectivity index (χ4n) is 4.20. The maximum absolute atomic E-state index is 14.2. The highest BCUT2D eigenvalue weighted by atomic mass is 35.5. The van der Waals surface area contributed by atoms with Crippen LogP contribution in [-0.2, 0) is 20.0 Å². The van der Waals surface area contributed by atoms with E-state index in [-0.39, 0.29) is 31.8 Å². The van der Waals surface area contributed by atoms with Crippen LogP contribution < -0.4 is 5.32 Å². The second kappa shape index (κ2) is 9.97. The predicted octanol–water partition coefficient (Wildman–Crippen LogP) is 5.96. The third-order valence-electron chi connectivity index (χ3n) is 6.04. The molecule has 0 saturated carbocycles. The van der Waals surface area contributed by atoms with Crippen molar-refractivity contribution in [1.82, 2.24) is 10.4 Å². The molecular formula is C24H18Cl2F6N2O4. The zero-order chi connectivity index (χ0) is 28.0. The van der Waals surface area contributed by atoms with Gasteiger partial charge in [0, 0.05) is 27.6 Å². The molecule has 0 bridgehead atoms. The first-order valence-electron chi connectivity index (χ1n) is 10.9. The molecule has 204 valence electrons. The highest BCUT2D eigenvalue weighted by molar-refractivity contribution is 6.34. The van der Waals surface area contributed by atoms with E-state index in [0.29, 0.717) is 11.1 Å². The van der Waals surface area contributed by atoms with Gasteiger partial charge in [0.25, 0.3) is 11.8 Å². The van der Waals surface area contributed by atoms with E-state index in [9.17, 15) is 35.9 Å². The molecule has 1 saturated heterocycles. The lowest BCUT2D eigenvalue weighted by molar-refractivity contribution is -0.260. The average molecular weight is 583 g/mol. The van der Waals surface area contributed by atoms with E-state index in [1.54, 1.807) is 0 Å². The lowest BCUT2D eigenvalue weighted by atomic mass is 9.85. The van der Waals surface area contributed by atoms with Crippen LogP contribution in [-0.4, -0.2) is 48.4 Å². The summed E-state index contributed by atoms with van der Waals surface area (Å²) in [5.41, 5.74) is -2.06. The Hall–Kier alpha value is -2.96. The topological polar surface area (TPSA) is 67.9 Å². The lowest BCUT2D eigenvalue weighted by Crippen LogP contribution is -2.44. The van der Waals surface area contributed by atoms with E-state index in [4.69, 9.17) is 32.8 Å². The van der Waals surface area contributed by atoms with E-state index >= 15 is 0 Å². The molecule has 2 amide bonds. The van der Waals surface area contributed by atoms with Crippen molar-refractivity contribution in [2.45, 2.75) is 37.3 Å². The predicted molar refractivity (Wildman–Crippen MR) is 124 cm³/mol. The van der Waals surface area contributed by atoms with Crippen LogP contribution in [0.3, 0.4) is 0 Å². The summed E-state index contributed by atoms with van der Waals surface area (Å²) in [7, 11) is 0. The maximum Gasteiger partial charge on any atom is 0.432 e. The molecular weight excluding hydrogens is 565 g/mol. The highest BCUT2D eigenvalue weighted by Crippen LogP contribution is 2.52. The summed E-state index contributed by atoms with van der Waals surface area (Å²) in [5, 5.41) is 2.47. The first kappa shape index (κ1) is 28.1. The Morgan fingerprint density at radius 3 is 2.34 bits per heavy atom. The molecule has 14 heteroatoms. The van der Waals surface area contributed by atoms with Gasteiger partial charge in [0.1, 0.15) is 19.2 Å². The molecule has 2 atom stereocenters. The summed E-state index contributed by atoms with van der Waals surface area (Å²) in [4.78, 5) is 29.5.